The van der Waals surface area contributed by atoms with Crippen LogP contribution in [0.4, 0.5) is 0 Å². The lowest BCUT2D eigenvalue weighted by molar-refractivity contribution is 0.0713. The van der Waals surface area contributed by atoms with Crippen LogP contribution in [0.25, 0.3) is 5.69 Å². The number of amides is 1. The molecule has 1 aromatic carbocycles. The summed E-state index contributed by atoms with van der Waals surface area (Å²) >= 11 is 0. The van der Waals surface area contributed by atoms with Crippen molar-refractivity contribution in [3.63, 3.8) is 0 Å². The second-order valence-electron chi connectivity index (χ2n) is 9.05. The lowest BCUT2D eigenvalue weighted by Crippen LogP contribution is -2.39. The first kappa shape index (κ1) is 21.6. The maximum atomic E-state index is 13.7. The van der Waals surface area contributed by atoms with Gasteiger partial charge in [0.2, 0.25) is 0 Å². The van der Waals surface area contributed by atoms with Crippen molar-refractivity contribution in [2.75, 3.05) is 19.6 Å². The number of carbonyl (C=O) groups is 1. The minimum atomic E-state index is 0.0777. The molecule has 1 aliphatic carbocycles. The fourth-order valence-electron chi connectivity index (χ4n) is 4.96. The van der Waals surface area contributed by atoms with E-state index in [0.29, 0.717) is 11.7 Å². The van der Waals surface area contributed by atoms with Crippen LogP contribution in [0.1, 0.15) is 53.0 Å². The number of piperidine rings is 1. The van der Waals surface area contributed by atoms with Crippen LogP contribution in [-0.4, -0.2) is 56.4 Å². The van der Waals surface area contributed by atoms with Gasteiger partial charge in [0.1, 0.15) is 11.4 Å². The molecule has 5 rings (SSSR count). The zero-order chi connectivity index (χ0) is 22.6. The van der Waals surface area contributed by atoms with Crippen LogP contribution in [0.5, 0.6) is 5.75 Å². The second-order valence-corrected chi connectivity index (χ2v) is 9.05. The molecular weight excluding hydrogens is 414 g/mol. The van der Waals surface area contributed by atoms with Gasteiger partial charge >= 0.3 is 0 Å². The highest BCUT2D eigenvalue weighted by atomic mass is 16.3. The highest BCUT2D eigenvalue weighted by Crippen LogP contribution is 2.29. The molecule has 1 fully saturated rings. The van der Waals surface area contributed by atoms with Crippen molar-refractivity contribution in [1.29, 1.82) is 0 Å². The largest absolute Gasteiger partial charge is 0.508 e. The summed E-state index contributed by atoms with van der Waals surface area (Å²) in [6.45, 7) is 2.51. The van der Waals surface area contributed by atoms with E-state index in [-0.39, 0.29) is 11.7 Å². The number of nitrogens with zero attached hydrogens (tertiary/aromatic N) is 4. The third kappa shape index (κ3) is 4.78. The van der Waals surface area contributed by atoms with Crippen molar-refractivity contribution in [3.05, 3.63) is 71.3 Å². The summed E-state index contributed by atoms with van der Waals surface area (Å²) in [5.41, 5.74) is 4.88. The van der Waals surface area contributed by atoms with Crippen LogP contribution < -0.4 is 5.32 Å². The molecule has 1 unspecified atom stereocenters. The predicted octanol–water partition coefficient (Wildman–Crippen LogP) is 3.29. The summed E-state index contributed by atoms with van der Waals surface area (Å²) in [5, 5.41) is 18.3. The van der Waals surface area contributed by atoms with E-state index < -0.39 is 0 Å². The zero-order valence-corrected chi connectivity index (χ0v) is 18.9. The minimum Gasteiger partial charge on any atom is -0.508 e. The van der Waals surface area contributed by atoms with Crippen molar-refractivity contribution in [2.24, 2.45) is 0 Å². The highest BCUT2D eigenvalue weighted by Gasteiger charge is 2.32. The minimum absolute atomic E-state index is 0.0777. The average Bonchev–Trinajstić information content (AvgIpc) is 3.24. The number of fused-ring (bicyclic) bond motifs is 1. The van der Waals surface area contributed by atoms with Gasteiger partial charge in [-0.05, 0) is 93.5 Å². The number of phenolic OH excluding ortho intramolecular Hbond substituents is 1. The van der Waals surface area contributed by atoms with Gasteiger partial charge in [-0.1, -0.05) is 0 Å². The van der Waals surface area contributed by atoms with E-state index in [1.807, 2.05) is 29.4 Å². The first-order valence-corrected chi connectivity index (χ1v) is 12.0. The SMILES string of the molecule is O=C(c1c2c(nn1-c1ccc(O)cc1)CCC(NCCc1ccncc1)C2)N1CCCCC1. The number of phenols is 1. The van der Waals surface area contributed by atoms with Crippen LogP contribution in [0.15, 0.2) is 48.8 Å². The molecule has 2 aromatic heterocycles. The number of aromatic nitrogens is 3. The predicted molar refractivity (Wildman–Crippen MR) is 127 cm³/mol. The molecule has 0 saturated carbocycles. The Morgan fingerprint density at radius 3 is 2.58 bits per heavy atom. The maximum absolute atomic E-state index is 13.7. The Morgan fingerprint density at radius 1 is 1.06 bits per heavy atom. The molecule has 1 atom stereocenters. The Kier molecular flexibility index (Phi) is 6.39. The quantitative estimate of drug-likeness (QED) is 0.608. The molecule has 1 saturated heterocycles. The first-order chi connectivity index (χ1) is 16.2. The van der Waals surface area contributed by atoms with Crippen LogP contribution >= 0.6 is 0 Å². The third-order valence-corrected chi connectivity index (χ3v) is 6.78. The Bertz CT molecular complexity index is 1090. The second kappa shape index (κ2) is 9.75. The average molecular weight is 446 g/mol. The van der Waals surface area contributed by atoms with Gasteiger partial charge < -0.3 is 15.3 Å². The number of benzene rings is 1. The summed E-state index contributed by atoms with van der Waals surface area (Å²) in [4.78, 5) is 19.8. The van der Waals surface area contributed by atoms with Gasteiger partial charge in [0.05, 0.1) is 11.4 Å². The first-order valence-electron chi connectivity index (χ1n) is 12.0. The van der Waals surface area contributed by atoms with E-state index in [1.54, 1.807) is 16.8 Å². The van der Waals surface area contributed by atoms with Crippen LogP contribution in [0.2, 0.25) is 0 Å². The topological polar surface area (TPSA) is 83.3 Å². The molecule has 3 heterocycles. The normalized spacial score (nSPS) is 18.2. The van der Waals surface area contributed by atoms with Crippen molar-refractivity contribution >= 4 is 5.91 Å². The summed E-state index contributed by atoms with van der Waals surface area (Å²) in [5.74, 6) is 0.284. The molecule has 0 radical (unpaired) electrons. The Morgan fingerprint density at radius 2 is 1.82 bits per heavy atom. The number of aryl methyl sites for hydroxylation is 1. The van der Waals surface area contributed by atoms with E-state index in [4.69, 9.17) is 5.10 Å². The number of likely N-dealkylation sites (tertiary alicyclic amines) is 1. The lowest BCUT2D eigenvalue weighted by Gasteiger charge is -2.28. The molecule has 33 heavy (non-hydrogen) atoms. The van der Waals surface area contributed by atoms with Gasteiger partial charge in [-0.3, -0.25) is 9.78 Å². The van der Waals surface area contributed by atoms with E-state index in [2.05, 4.69) is 22.4 Å². The Balaban J connectivity index is 1.39. The number of aromatic hydroxyl groups is 1. The molecule has 3 aromatic rings. The monoisotopic (exact) mass is 445 g/mol. The third-order valence-electron chi connectivity index (χ3n) is 6.78. The van der Waals surface area contributed by atoms with Crippen LogP contribution in [-0.2, 0) is 19.3 Å². The smallest absolute Gasteiger partial charge is 0.272 e. The molecule has 2 aliphatic rings. The van der Waals surface area contributed by atoms with Crippen LogP contribution in [0, 0.1) is 0 Å². The summed E-state index contributed by atoms with van der Waals surface area (Å²) < 4.78 is 1.81. The number of carbonyl (C=O) groups excluding carboxylic acids is 1. The molecule has 172 valence electrons. The molecule has 0 bridgehead atoms. The number of pyridine rings is 1. The molecule has 0 spiro atoms. The summed E-state index contributed by atoms with van der Waals surface area (Å²) in [6, 6.07) is 11.4. The molecule has 1 aliphatic heterocycles. The van der Waals surface area contributed by atoms with E-state index >= 15 is 0 Å². The van der Waals surface area contributed by atoms with Crippen molar-refractivity contribution in [3.8, 4) is 11.4 Å². The molecule has 7 heteroatoms. The van der Waals surface area contributed by atoms with Crippen LogP contribution in [0.3, 0.4) is 0 Å². The zero-order valence-electron chi connectivity index (χ0n) is 18.9. The number of hydrogen-bond donors (Lipinski definition) is 2. The fraction of sp³-hybridized carbons (Fsp3) is 0.423. The Hall–Kier alpha value is -3.19. The molecule has 1 amide bonds. The fourth-order valence-corrected chi connectivity index (χ4v) is 4.96. The molecule has 2 N–H and O–H groups in total. The summed E-state index contributed by atoms with van der Waals surface area (Å²) in [6.07, 6.45) is 10.6. The number of nitrogens with one attached hydrogen (secondary N) is 1. The van der Waals surface area contributed by atoms with Gasteiger partial charge in [0, 0.05) is 37.1 Å². The van der Waals surface area contributed by atoms with E-state index in [1.165, 1.54) is 12.0 Å². The highest BCUT2D eigenvalue weighted by molar-refractivity contribution is 5.95. The van der Waals surface area contributed by atoms with E-state index in [0.717, 1.165) is 75.1 Å². The van der Waals surface area contributed by atoms with E-state index in [9.17, 15) is 9.90 Å². The van der Waals surface area contributed by atoms with Gasteiger partial charge in [-0.25, -0.2) is 4.68 Å². The Labute approximate surface area is 194 Å². The van der Waals surface area contributed by atoms with Gasteiger partial charge in [0.15, 0.2) is 0 Å². The van der Waals surface area contributed by atoms with Gasteiger partial charge in [-0.15, -0.1) is 0 Å². The summed E-state index contributed by atoms with van der Waals surface area (Å²) in [7, 11) is 0. The van der Waals surface area contributed by atoms with Crippen molar-refractivity contribution in [2.45, 2.75) is 51.0 Å². The van der Waals surface area contributed by atoms with Crippen molar-refractivity contribution in [1.82, 2.24) is 25.0 Å². The maximum Gasteiger partial charge on any atom is 0.272 e. The van der Waals surface area contributed by atoms with Gasteiger partial charge in [-0.2, -0.15) is 5.10 Å². The lowest BCUT2D eigenvalue weighted by atomic mass is 9.91. The molecular formula is C26H31N5O2. The number of hydrogen-bond acceptors (Lipinski definition) is 5. The molecule has 7 nitrogen and oxygen atoms in total. The van der Waals surface area contributed by atoms with Gasteiger partial charge in [0.25, 0.3) is 5.91 Å². The number of rotatable bonds is 6. The van der Waals surface area contributed by atoms with Crippen molar-refractivity contribution < 1.29 is 9.90 Å². The standard InChI is InChI=1S/C26H31N5O2/c32-22-7-5-21(6-8-22)31-25(26(33)30-16-2-1-3-17-30)23-18-20(4-9-24(23)29-31)28-15-12-19-10-13-27-14-11-19/h5-8,10-11,13-14,20,28,32H,1-4,9,12,15-18H2.